The lowest BCUT2D eigenvalue weighted by molar-refractivity contribution is -0.125. The van der Waals surface area contributed by atoms with Gasteiger partial charge in [-0.25, -0.2) is 0 Å². The first-order valence-electron chi connectivity index (χ1n) is 7.67. The number of amides is 2. The fourth-order valence-electron chi connectivity index (χ4n) is 2.43. The second-order valence-electron chi connectivity index (χ2n) is 5.89. The number of methoxy groups -OCH3 is 1. The molecule has 1 saturated carbocycles. The van der Waals surface area contributed by atoms with Crippen LogP contribution in [0.5, 0.6) is 0 Å². The van der Waals surface area contributed by atoms with Crippen LogP contribution in [-0.4, -0.2) is 32.1 Å². The molecule has 120 valence electrons. The second kappa shape index (κ2) is 7.40. The molecule has 1 aliphatic carbocycles. The van der Waals surface area contributed by atoms with Crippen LogP contribution in [0.2, 0.25) is 0 Å². The molecule has 0 bridgehead atoms. The third-order valence-corrected chi connectivity index (χ3v) is 3.94. The van der Waals surface area contributed by atoms with Gasteiger partial charge >= 0.3 is 0 Å². The molecule has 1 aromatic rings. The van der Waals surface area contributed by atoms with E-state index in [9.17, 15) is 9.59 Å². The molecule has 22 heavy (non-hydrogen) atoms. The Hall–Kier alpha value is -1.88. The third kappa shape index (κ3) is 4.31. The van der Waals surface area contributed by atoms with Crippen molar-refractivity contribution < 1.29 is 14.3 Å². The van der Waals surface area contributed by atoms with Crippen LogP contribution in [0.1, 0.15) is 24.0 Å². The number of hydrogen-bond acceptors (Lipinski definition) is 3. The molecule has 1 aliphatic rings. The van der Waals surface area contributed by atoms with E-state index in [2.05, 4.69) is 10.6 Å². The van der Waals surface area contributed by atoms with E-state index >= 15 is 0 Å². The highest BCUT2D eigenvalue weighted by atomic mass is 16.5. The Morgan fingerprint density at radius 2 is 1.95 bits per heavy atom. The van der Waals surface area contributed by atoms with Gasteiger partial charge in [0, 0.05) is 25.9 Å². The minimum atomic E-state index is -0.206. The molecule has 2 rings (SSSR count). The summed E-state index contributed by atoms with van der Waals surface area (Å²) in [4.78, 5) is 24.1. The summed E-state index contributed by atoms with van der Waals surface area (Å²) >= 11 is 0. The Kier molecular flexibility index (Phi) is 5.55. The van der Waals surface area contributed by atoms with Crippen LogP contribution in [0.25, 0.3) is 0 Å². The number of carbonyl (C=O) groups excluding carboxylic acids is 2. The fraction of sp³-hybridized carbons (Fsp3) is 0.529. The molecule has 2 atom stereocenters. The highest BCUT2D eigenvalue weighted by Crippen LogP contribution is 2.39. The maximum Gasteiger partial charge on any atom is 0.228 e. The van der Waals surface area contributed by atoms with E-state index < -0.39 is 0 Å². The van der Waals surface area contributed by atoms with Crippen molar-refractivity contribution in [1.82, 2.24) is 5.32 Å². The van der Waals surface area contributed by atoms with E-state index in [-0.39, 0.29) is 23.7 Å². The Labute approximate surface area is 131 Å². The molecule has 2 N–H and O–H groups in total. The van der Waals surface area contributed by atoms with Crippen LogP contribution >= 0.6 is 0 Å². The average molecular weight is 304 g/mol. The van der Waals surface area contributed by atoms with Crippen LogP contribution in [0.3, 0.4) is 0 Å². The summed E-state index contributed by atoms with van der Waals surface area (Å²) < 4.78 is 4.93. The lowest BCUT2D eigenvalue weighted by atomic mass is 10.1. The Bertz CT molecular complexity index is 557. The largest absolute Gasteiger partial charge is 0.385 e. The van der Waals surface area contributed by atoms with Crippen LogP contribution in [0.15, 0.2) is 18.2 Å². The summed E-state index contributed by atoms with van der Waals surface area (Å²) in [6.07, 6.45) is 1.42. The average Bonchev–Trinajstić information content (AvgIpc) is 3.28. The Morgan fingerprint density at radius 1 is 1.23 bits per heavy atom. The molecule has 5 heteroatoms. The van der Waals surface area contributed by atoms with Gasteiger partial charge in [-0.15, -0.1) is 0 Å². The number of benzene rings is 1. The van der Waals surface area contributed by atoms with Crippen LogP contribution in [-0.2, 0) is 14.3 Å². The topological polar surface area (TPSA) is 67.4 Å². The summed E-state index contributed by atoms with van der Waals surface area (Å²) in [6.45, 7) is 5.17. The maximum absolute atomic E-state index is 12.2. The van der Waals surface area contributed by atoms with Crippen LogP contribution in [0, 0.1) is 25.7 Å². The van der Waals surface area contributed by atoms with Gasteiger partial charge < -0.3 is 15.4 Å². The molecule has 5 nitrogen and oxygen atoms in total. The quantitative estimate of drug-likeness (QED) is 0.757. The molecule has 0 spiro atoms. The second-order valence-corrected chi connectivity index (χ2v) is 5.89. The molecule has 0 heterocycles. The van der Waals surface area contributed by atoms with E-state index in [0.29, 0.717) is 19.6 Å². The molecular weight excluding hydrogens is 280 g/mol. The minimum absolute atomic E-state index is 0.0304. The molecule has 0 aliphatic heterocycles. The highest BCUT2D eigenvalue weighted by molar-refractivity contribution is 5.99. The van der Waals surface area contributed by atoms with E-state index in [0.717, 1.165) is 23.2 Å². The molecule has 2 amide bonds. The van der Waals surface area contributed by atoms with Gasteiger partial charge in [-0.05, 0) is 43.9 Å². The van der Waals surface area contributed by atoms with E-state index in [1.54, 1.807) is 7.11 Å². The van der Waals surface area contributed by atoms with Gasteiger partial charge in [0.05, 0.1) is 11.8 Å². The first-order valence-corrected chi connectivity index (χ1v) is 7.67. The Balaban J connectivity index is 1.80. The number of anilines is 1. The normalized spacial score (nSPS) is 19.6. The predicted molar refractivity (Wildman–Crippen MR) is 85.6 cm³/mol. The molecule has 0 radical (unpaired) electrons. The number of carbonyl (C=O) groups is 2. The van der Waals surface area contributed by atoms with Crippen molar-refractivity contribution in [3.05, 3.63) is 29.3 Å². The third-order valence-electron chi connectivity index (χ3n) is 3.94. The first kappa shape index (κ1) is 16.5. The number of hydrogen-bond donors (Lipinski definition) is 2. The van der Waals surface area contributed by atoms with Crippen molar-refractivity contribution in [2.75, 3.05) is 25.6 Å². The number of nitrogens with one attached hydrogen (secondary N) is 2. The molecule has 1 fully saturated rings. The zero-order chi connectivity index (χ0) is 16.1. The first-order chi connectivity index (χ1) is 10.5. The summed E-state index contributed by atoms with van der Waals surface area (Å²) in [7, 11) is 1.64. The highest BCUT2D eigenvalue weighted by Gasteiger charge is 2.47. The standard InChI is InChI=1S/C17H24N2O3/c1-11-5-6-12(2)15(9-11)19-17(21)14-10-13(14)16(20)18-7-4-8-22-3/h5-6,9,13-14H,4,7-8,10H2,1-3H3,(H,18,20)(H,19,21). The molecule has 0 aromatic heterocycles. The van der Waals surface area contributed by atoms with Gasteiger partial charge in [0.15, 0.2) is 0 Å². The van der Waals surface area contributed by atoms with Crippen molar-refractivity contribution in [1.29, 1.82) is 0 Å². The summed E-state index contributed by atoms with van der Waals surface area (Å²) in [6, 6.07) is 5.95. The SMILES string of the molecule is COCCCNC(=O)C1CC1C(=O)Nc1cc(C)ccc1C. The van der Waals surface area contributed by atoms with Gasteiger partial charge in [-0.1, -0.05) is 12.1 Å². The lowest BCUT2D eigenvalue weighted by Crippen LogP contribution is -2.28. The Morgan fingerprint density at radius 3 is 2.68 bits per heavy atom. The van der Waals surface area contributed by atoms with Crippen LogP contribution in [0.4, 0.5) is 5.69 Å². The number of ether oxygens (including phenoxy) is 1. The van der Waals surface area contributed by atoms with Gasteiger partial charge in [0.2, 0.25) is 11.8 Å². The van der Waals surface area contributed by atoms with Crippen molar-refractivity contribution in [2.45, 2.75) is 26.7 Å². The monoisotopic (exact) mass is 304 g/mol. The number of aryl methyl sites for hydroxylation is 2. The fourth-order valence-corrected chi connectivity index (χ4v) is 2.43. The minimum Gasteiger partial charge on any atom is -0.385 e. The van der Waals surface area contributed by atoms with E-state index in [1.807, 2.05) is 32.0 Å². The van der Waals surface area contributed by atoms with Gasteiger partial charge in [0.1, 0.15) is 0 Å². The zero-order valence-corrected chi connectivity index (χ0v) is 13.4. The number of rotatable bonds is 7. The van der Waals surface area contributed by atoms with Crippen LogP contribution < -0.4 is 10.6 Å². The van der Waals surface area contributed by atoms with E-state index in [4.69, 9.17) is 4.74 Å². The molecular formula is C17H24N2O3. The van der Waals surface area contributed by atoms with E-state index in [1.165, 1.54) is 0 Å². The summed E-state index contributed by atoms with van der Waals surface area (Å²) in [5, 5.41) is 5.78. The molecule has 1 aromatic carbocycles. The maximum atomic E-state index is 12.2. The molecule has 2 unspecified atom stereocenters. The van der Waals surface area contributed by atoms with Crippen molar-refractivity contribution in [3.8, 4) is 0 Å². The van der Waals surface area contributed by atoms with Crippen molar-refractivity contribution in [2.24, 2.45) is 11.8 Å². The van der Waals surface area contributed by atoms with Gasteiger partial charge in [0.25, 0.3) is 0 Å². The van der Waals surface area contributed by atoms with Gasteiger partial charge in [-0.2, -0.15) is 0 Å². The summed E-state index contributed by atoms with van der Waals surface area (Å²) in [5.74, 6) is -0.488. The summed E-state index contributed by atoms with van der Waals surface area (Å²) in [5.41, 5.74) is 2.96. The van der Waals surface area contributed by atoms with Crippen molar-refractivity contribution in [3.63, 3.8) is 0 Å². The lowest BCUT2D eigenvalue weighted by Gasteiger charge is -2.09. The smallest absolute Gasteiger partial charge is 0.228 e. The van der Waals surface area contributed by atoms with Gasteiger partial charge in [-0.3, -0.25) is 9.59 Å². The molecule has 0 saturated heterocycles. The zero-order valence-electron chi connectivity index (χ0n) is 13.4. The van der Waals surface area contributed by atoms with Crippen molar-refractivity contribution >= 4 is 17.5 Å². The predicted octanol–water partition coefficient (Wildman–Crippen LogP) is 2.03.